The maximum Gasteiger partial charge on any atom is 0.410 e. The summed E-state index contributed by atoms with van der Waals surface area (Å²) in [6.45, 7) is 5.98. The number of nitrogens with one attached hydrogen (secondary N) is 1. The van der Waals surface area contributed by atoms with Crippen LogP contribution in [0.1, 0.15) is 50.3 Å². The summed E-state index contributed by atoms with van der Waals surface area (Å²) in [7, 11) is -4.64. The van der Waals surface area contributed by atoms with E-state index >= 15 is 8.42 Å². The first kappa shape index (κ1) is 45.7. The van der Waals surface area contributed by atoms with E-state index in [-0.39, 0.29) is 50.0 Å². The average molecular weight is 988 g/mol. The van der Waals surface area contributed by atoms with Crippen LogP contribution >= 0.6 is 22.6 Å². The average Bonchev–Trinajstić information content (AvgIpc) is 3.70. The normalized spacial score (nSPS) is 14.8. The molecule has 0 radical (unpaired) electrons. The van der Waals surface area contributed by atoms with E-state index in [0.717, 1.165) is 5.56 Å². The summed E-state index contributed by atoms with van der Waals surface area (Å²) >= 11 is 1.97. The number of benzene rings is 4. The van der Waals surface area contributed by atoms with Crippen LogP contribution in [-0.2, 0) is 44.4 Å². The van der Waals surface area contributed by atoms with E-state index in [1.807, 2.05) is 34.7 Å². The quantitative estimate of drug-likeness (QED) is 0.109. The van der Waals surface area contributed by atoms with Gasteiger partial charge in [-0.2, -0.15) is 9.10 Å². The van der Waals surface area contributed by atoms with E-state index in [2.05, 4.69) is 20.1 Å². The Bertz CT molecular complexity index is 2460. The number of tetrazole rings is 1. The molecule has 0 spiro atoms. The van der Waals surface area contributed by atoms with Gasteiger partial charge < -0.3 is 23.8 Å². The number of piperidine rings is 1. The smallest absolute Gasteiger partial charge is 0.410 e. The molecule has 1 aliphatic rings. The van der Waals surface area contributed by atoms with Gasteiger partial charge in [-0.05, 0) is 133 Å². The third-order valence-electron chi connectivity index (χ3n) is 9.89. The first-order valence-electron chi connectivity index (χ1n) is 19.5. The Morgan fingerprint density at radius 1 is 0.820 bits per heavy atom. The number of halogens is 1. The number of nitrogens with zero attached hydrogens (tertiary/aromatic N) is 6. The summed E-state index contributed by atoms with van der Waals surface area (Å²) < 4.78 is 86.1. The number of hydrogen-bond donors (Lipinski definition) is 1. The van der Waals surface area contributed by atoms with Gasteiger partial charge in [0.15, 0.2) is 0 Å². The molecule has 0 bridgehead atoms. The molecule has 6 rings (SSSR count). The molecule has 326 valence electrons. The van der Waals surface area contributed by atoms with Crippen LogP contribution in [0.2, 0.25) is 0 Å². The molecule has 0 saturated carbocycles. The highest BCUT2D eigenvalue weighted by molar-refractivity contribution is 14.1. The molecule has 1 saturated heterocycles. The molecule has 16 nitrogen and oxygen atoms in total. The van der Waals surface area contributed by atoms with E-state index in [1.165, 1.54) is 35.5 Å². The van der Waals surface area contributed by atoms with Crippen molar-refractivity contribution >= 4 is 48.7 Å². The van der Waals surface area contributed by atoms with Gasteiger partial charge in [0.05, 0.1) is 33.4 Å². The van der Waals surface area contributed by atoms with Crippen molar-refractivity contribution in [2.75, 3.05) is 41.0 Å². The van der Waals surface area contributed by atoms with Crippen molar-refractivity contribution in [3.63, 3.8) is 0 Å². The van der Waals surface area contributed by atoms with Crippen molar-refractivity contribution in [1.82, 2.24) is 34.1 Å². The fourth-order valence-corrected chi connectivity index (χ4v) is 11.2. The van der Waals surface area contributed by atoms with E-state index in [9.17, 15) is 13.2 Å². The van der Waals surface area contributed by atoms with Crippen molar-refractivity contribution in [2.24, 2.45) is 5.92 Å². The van der Waals surface area contributed by atoms with E-state index in [4.69, 9.17) is 18.9 Å². The Hall–Kier alpha value is -4.83. The van der Waals surface area contributed by atoms with Crippen molar-refractivity contribution in [3.05, 3.63) is 105 Å². The summed E-state index contributed by atoms with van der Waals surface area (Å²) in [6.07, 6.45) is 0.809. The Balaban J connectivity index is 1.43. The number of aromatic nitrogens is 4. The summed E-state index contributed by atoms with van der Waals surface area (Å²) in [5.41, 5.74) is 1.37. The summed E-state index contributed by atoms with van der Waals surface area (Å²) in [5, 5.41) is 13.1. The number of rotatable bonds is 16. The molecular weight excluding hydrogens is 938 g/mol. The maximum absolute atomic E-state index is 15.5. The van der Waals surface area contributed by atoms with E-state index < -0.39 is 41.5 Å². The monoisotopic (exact) mass is 987 g/mol. The number of carbonyl (C=O) groups is 1. The molecule has 2 heterocycles. The molecule has 1 N–H and O–H groups in total. The van der Waals surface area contributed by atoms with Gasteiger partial charge in [0.1, 0.15) is 32.6 Å². The molecule has 1 atom stereocenters. The maximum atomic E-state index is 15.5. The summed E-state index contributed by atoms with van der Waals surface area (Å²) in [6, 6.07) is 24.0. The third-order valence-corrected chi connectivity index (χ3v) is 14.3. The minimum atomic E-state index is -4.74. The Morgan fingerprint density at radius 2 is 1.36 bits per heavy atom. The van der Waals surface area contributed by atoms with Crippen LogP contribution < -0.4 is 18.9 Å². The summed E-state index contributed by atoms with van der Waals surface area (Å²) in [4.78, 5) is 14.8. The molecule has 0 unspecified atom stereocenters. The lowest BCUT2D eigenvalue weighted by Crippen LogP contribution is -2.45. The zero-order valence-corrected chi connectivity index (χ0v) is 38.7. The number of amides is 1. The van der Waals surface area contributed by atoms with Crippen LogP contribution in [0.4, 0.5) is 4.79 Å². The number of likely N-dealkylation sites (tertiary alicyclic amines) is 1. The molecule has 0 aliphatic carbocycles. The second-order valence-electron chi connectivity index (χ2n) is 15.5. The van der Waals surface area contributed by atoms with Crippen LogP contribution in [0.25, 0.3) is 11.4 Å². The van der Waals surface area contributed by atoms with Gasteiger partial charge in [-0.1, -0.05) is 36.4 Å². The lowest BCUT2D eigenvalue weighted by molar-refractivity contribution is 0.0169. The minimum absolute atomic E-state index is 0.0207. The van der Waals surface area contributed by atoms with Crippen molar-refractivity contribution in [2.45, 2.75) is 68.6 Å². The Labute approximate surface area is 370 Å². The van der Waals surface area contributed by atoms with E-state index in [1.54, 1.807) is 93.4 Å². The van der Waals surface area contributed by atoms with Crippen LogP contribution in [-0.4, -0.2) is 98.9 Å². The predicted molar refractivity (Wildman–Crippen MR) is 236 cm³/mol. The predicted octanol–water partition coefficient (Wildman–Crippen LogP) is 6.34. The van der Waals surface area contributed by atoms with Crippen molar-refractivity contribution in [3.8, 4) is 28.6 Å². The molecule has 19 heteroatoms. The molecule has 1 aromatic heterocycles. The minimum Gasteiger partial charge on any atom is -0.497 e. The number of sulfonamides is 2. The zero-order chi connectivity index (χ0) is 44.0. The number of hydrogen-bond acceptors (Lipinski definition) is 12. The van der Waals surface area contributed by atoms with E-state index in [0.29, 0.717) is 51.3 Å². The molecule has 1 fully saturated rings. The van der Waals surface area contributed by atoms with Crippen LogP contribution in [0.5, 0.6) is 17.2 Å². The van der Waals surface area contributed by atoms with Crippen LogP contribution in [0.3, 0.4) is 0 Å². The van der Waals surface area contributed by atoms with Gasteiger partial charge >= 0.3 is 6.09 Å². The number of methoxy groups -OCH3 is 3. The van der Waals surface area contributed by atoms with Crippen LogP contribution in [0.15, 0.2) is 94.7 Å². The number of ether oxygens (including phenoxy) is 4. The number of carbonyl (C=O) groups excluding carboxylic acids is 1. The highest BCUT2D eigenvalue weighted by Gasteiger charge is 2.38. The largest absolute Gasteiger partial charge is 0.497 e. The SMILES string of the molecule is COc1ccc(CN(Cc2ccc(OC)cc2)S(=O)(=O)c2c(S(=O)(=O)NC[C@H]3CCCN(C(=O)OC(C)(C)C)C3)ccc(I)c2-c2nnn(Cc3ccc(OC)cc3)n2)cc1. The van der Waals surface area contributed by atoms with Crippen molar-refractivity contribution < 1.29 is 40.6 Å². The second kappa shape index (κ2) is 19.5. The molecule has 61 heavy (non-hydrogen) atoms. The Morgan fingerprint density at radius 3 is 1.89 bits per heavy atom. The van der Waals surface area contributed by atoms with Gasteiger partial charge in [-0.15, -0.1) is 10.2 Å². The molecule has 1 amide bonds. The molecule has 4 aromatic carbocycles. The standard InChI is InChI=1S/C42H50IN7O9S2/c1-42(2,3)59-41(51)48-23-7-8-32(25-48)24-44-60(52,53)37-22-21-36(43)38(40-45-47-50(46-40)28-31-13-19-35(58-6)20-14-31)39(37)61(54,55)49(26-29-9-15-33(56-4)16-10-29)27-30-11-17-34(57-5)18-12-30/h9-22,32,44H,7-8,23-28H2,1-6H3/t32-/m1/s1. The Kier molecular flexibility index (Phi) is 14.6. The van der Waals surface area contributed by atoms with Crippen molar-refractivity contribution in [1.29, 1.82) is 0 Å². The van der Waals surface area contributed by atoms with Gasteiger partial charge in [0.25, 0.3) is 0 Å². The molecular formula is C42H50IN7O9S2. The fourth-order valence-electron chi connectivity index (χ4n) is 6.77. The molecule has 1 aliphatic heterocycles. The topological polar surface area (TPSA) is 184 Å². The lowest BCUT2D eigenvalue weighted by Gasteiger charge is -2.34. The lowest BCUT2D eigenvalue weighted by atomic mass is 9.99. The fraction of sp³-hybridized carbons (Fsp3) is 0.381. The second-order valence-corrected chi connectivity index (χ2v) is 20.3. The first-order valence-corrected chi connectivity index (χ1v) is 23.5. The van der Waals surface area contributed by atoms with Crippen LogP contribution in [0, 0.1) is 9.49 Å². The summed E-state index contributed by atoms with van der Waals surface area (Å²) in [5.74, 6) is 1.50. The molecule has 5 aromatic rings. The zero-order valence-electron chi connectivity index (χ0n) is 34.9. The highest BCUT2D eigenvalue weighted by Crippen LogP contribution is 2.38. The van der Waals surface area contributed by atoms with Gasteiger partial charge in [0, 0.05) is 36.3 Å². The third kappa shape index (κ3) is 11.6. The first-order chi connectivity index (χ1) is 29.0. The van der Waals surface area contributed by atoms with Gasteiger partial charge in [-0.25, -0.2) is 26.4 Å². The highest BCUT2D eigenvalue weighted by atomic mass is 127. The van der Waals surface area contributed by atoms with Gasteiger partial charge in [0.2, 0.25) is 25.9 Å². The van der Waals surface area contributed by atoms with Gasteiger partial charge in [-0.3, -0.25) is 0 Å².